The topological polar surface area (TPSA) is 107 Å². The molecule has 0 amide bonds. The summed E-state index contributed by atoms with van der Waals surface area (Å²) in [6.07, 6.45) is 3.17. The predicted octanol–water partition coefficient (Wildman–Crippen LogP) is 2.01. The molecule has 0 radical (unpaired) electrons. The van der Waals surface area contributed by atoms with Gasteiger partial charge in [0.1, 0.15) is 11.6 Å². The van der Waals surface area contributed by atoms with E-state index in [4.69, 9.17) is 15.5 Å². The quantitative estimate of drug-likeness (QED) is 0.873. The minimum Gasteiger partial charge on any atom is -0.384 e. The summed E-state index contributed by atoms with van der Waals surface area (Å²) >= 11 is 0. The van der Waals surface area contributed by atoms with Crippen LogP contribution >= 0.6 is 0 Å². The van der Waals surface area contributed by atoms with Gasteiger partial charge in [-0.2, -0.15) is 4.36 Å². The highest BCUT2D eigenvalue weighted by Gasteiger charge is 2.22. The van der Waals surface area contributed by atoms with Crippen LogP contribution in [0.4, 0.5) is 17.5 Å². The van der Waals surface area contributed by atoms with Crippen LogP contribution < -0.4 is 10.6 Å². The summed E-state index contributed by atoms with van der Waals surface area (Å²) < 4.78 is 22.0. The molecule has 0 saturated carbocycles. The molecule has 0 bridgehead atoms. The first kappa shape index (κ1) is 18.5. The minimum absolute atomic E-state index is 0.177. The fourth-order valence-corrected chi connectivity index (χ4v) is 3.41. The molecule has 1 unspecified atom stereocenters. The molecule has 2 aromatic rings. The van der Waals surface area contributed by atoms with Crippen molar-refractivity contribution in [3.63, 3.8) is 0 Å². The lowest BCUT2D eigenvalue weighted by Crippen LogP contribution is -2.44. The van der Waals surface area contributed by atoms with Crippen LogP contribution in [0.1, 0.15) is 12.6 Å². The Morgan fingerprint density at radius 1 is 1.27 bits per heavy atom. The van der Waals surface area contributed by atoms with E-state index < -0.39 is 9.73 Å². The zero-order chi connectivity index (χ0) is 18.9. The second-order valence-corrected chi connectivity index (χ2v) is 9.27. The number of morpholine rings is 1. The highest BCUT2D eigenvalue weighted by atomic mass is 32.2. The van der Waals surface area contributed by atoms with Crippen LogP contribution in [0.5, 0.6) is 0 Å². The molecule has 1 aliphatic heterocycles. The Bertz CT molecular complexity index is 911. The molecule has 2 N–H and O–H groups in total. The van der Waals surface area contributed by atoms with Crippen LogP contribution in [-0.2, 0) is 14.5 Å². The van der Waals surface area contributed by atoms with Gasteiger partial charge in [0.05, 0.1) is 19.3 Å². The Hall–Kier alpha value is -2.26. The van der Waals surface area contributed by atoms with Gasteiger partial charge >= 0.3 is 0 Å². The number of anilines is 2. The molecular weight excluding hydrogens is 352 g/mol. The number of aromatic nitrogens is 3. The van der Waals surface area contributed by atoms with Gasteiger partial charge in [-0.1, -0.05) is 0 Å². The Balaban J connectivity index is 2.15. The Morgan fingerprint density at radius 2 is 2.04 bits per heavy atom. The molecule has 3 heterocycles. The van der Waals surface area contributed by atoms with E-state index >= 15 is 0 Å². The average Bonchev–Trinajstić information content (AvgIpc) is 2.52. The summed E-state index contributed by atoms with van der Waals surface area (Å²) in [6.45, 7) is 5.93. The van der Waals surface area contributed by atoms with Crippen molar-refractivity contribution in [1.29, 1.82) is 0 Å². The molecule has 0 aliphatic carbocycles. The smallest absolute Gasteiger partial charge is 0.167 e. The molecule has 0 aromatic carbocycles. The van der Waals surface area contributed by atoms with Crippen molar-refractivity contribution in [3.05, 3.63) is 23.9 Å². The monoisotopic (exact) mass is 376 g/mol. The molecule has 140 valence electrons. The van der Waals surface area contributed by atoms with Crippen LogP contribution in [0.2, 0.25) is 0 Å². The minimum atomic E-state index is -2.35. The fraction of sp³-hybridized carbons (Fsp3) is 0.471. The average molecular weight is 376 g/mol. The molecule has 1 aliphatic rings. The summed E-state index contributed by atoms with van der Waals surface area (Å²) in [5, 5.41) is 0. The SMILES string of the molecule is Cc1cc(-c2nc(N=S(C)(C)=O)cc(N3CCOCC3C)n2)cc(N)n1. The zero-order valence-electron chi connectivity index (χ0n) is 15.5. The molecule has 9 heteroatoms. The van der Waals surface area contributed by atoms with Gasteiger partial charge in [-0.15, -0.1) is 0 Å². The molecule has 8 nitrogen and oxygen atoms in total. The number of ether oxygens (including phenoxy) is 1. The van der Waals surface area contributed by atoms with Gasteiger partial charge in [0.2, 0.25) is 0 Å². The second kappa shape index (κ2) is 7.16. The normalized spacial score (nSPS) is 18.0. The summed E-state index contributed by atoms with van der Waals surface area (Å²) in [7, 11) is -2.35. The van der Waals surface area contributed by atoms with E-state index in [0.717, 1.165) is 23.6 Å². The van der Waals surface area contributed by atoms with Crippen molar-refractivity contribution in [3.8, 4) is 11.4 Å². The number of aryl methyl sites for hydroxylation is 1. The van der Waals surface area contributed by atoms with Crippen molar-refractivity contribution in [2.24, 2.45) is 4.36 Å². The second-order valence-electron chi connectivity index (χ2n) is 6.72. The highest BCUT2D eigenvalue weighted by molar-refractivity contribution is 7.92. The molecule has 3 rings (SSSR count). The number of hydrogen-bond acceptors (Lipinski definition) is 8. The van der Waals surface area contributed by atoms with Gasteiger partial charge in [0.15, 0.2) is 11.6 Å². The molecular formula is C17H24N6O2S. The lowest BCUT2D eigenvalue weighted by molar-refractivity contribution is 0.0985. The van der Waals surface area contributed by atoms with Gasteiger partial charge in [-0.3, -0.25) is 0 Å². The first-order valence-corrected chi connectivity index (χ1v) is 10.7. The third kappa shape index (κ3) is 4.47. The van der Waals surface area contributed by atoms with Crippen molar-refractivity contribution in [1.82, 2.24) is 15.0 Å². The number of rotatable bonds is 3. The Morgan fingerprint density at radius 3 is 2.69 bits per heavy atom. The van der Waals surface area contributed by atoms with E-state index in [1.54, 1.807) is 24.6 Å². The van der Waals surface area contributed by atoms with Crippen LogP contribution in [0.15, 0.2) is 22.6 Å². The Kier molecular flexibility index (Phi) is 5.10. The lowest BCUT2D eigenvalue weighted by Gasteiger charge is -2.34. The molecule has 1 fully saturated rings. The molecule has 2 aromatic heterocycles. The van der Waals surface area contributed by atoms with Gasteiger partial charge < -0.3 is 15.4 Å². The molecule has 0 spiro atoms. The van der Waals surface area contributed by atoms with Crippen molar-refractivity contribution in [2.75, 3.05) is 42.9 Å². The molecule has 1 saturated heterocycles. The van der Waals surface area contributed by atoms with E-state index in [1.807, 2.05) is 13.0 Å². The highest BCUT2D eigenvalue weighted by Crippen LogP contribution is 2.27. The summed E-state index contributed by atoms with van der Waals surface area (Å²) in [6, 6.07) is 5.55. The maximum absolute atomic E-state index is 12.2. The van der Waals surface area contributed by atoms with E-state index in [0.29, 0.717) is 30.7 Å². The third-order valence-electron chi connectivity index (χ3n) is 3.91. The van der Waals surface area contributed by atoms with Crippen molar-refractivity contribution >= 4 is 27.2 Å². The van der Waals surface area contributed by atoms with Gasteiger partial charge in [0, 0.05) is 46.1 Å². The van der Waals surface area contributed by atoms with E-state index in [1.165, 1.54) is 0 Å². The van der Waals surface area contributed by atoms with Crippen molar-refractivity contribution in [2.45, 2.75) is 19.9 Å². The van der Waals surface area contributed by atoms with E-state index in [9.17, 15) is 4.21 Å². The first-order valence-electron chi connectivity index (χ1n) is 8.36. The van der Waals surface area contributed by atoms with Gasteiger partial charge in [-0.05, 0) is 26.0 Å². The maximum Gasteiger partial charge on any atom is 0.167 e. The van der Waals surface area contributed by atoms with E-state index in [2.05, 4.69) is 26.2 Å². The van der Waals surface area contributed by atoms with Gasteiger partial charge in [-0.25, -0.2) is 19.2 Å². The standard InChI is InChI=1S/C17H24N6O2S/c1-11-7-13(8-14(18)19-11)17-20-15(22-26(3,4)24)9-16(21-17)23-5-6-25-10-12(23)2/h7-9,12H,5-6,10H2,1-4H3,(H2,18,19). The summed E-state index contributed by atoms with van der Waals surface area (Å²) in [5.41, 5.74) is 7.41. The number of nitrogen functional groups attached to an aromatic ring is 1. The van der Waals surface area contributed by atoms with Crippen LogP contribution in [-0.4, -0.2) is 57.5 Å². The predicted molar refractivity (Wildman–Crippen MR) is 104 cm³/mol. The number of nitrogens with zero attached hydrogens (tertiary/aromatic N) is 5. The largest absolute Gasteiger partial charge is 0.384 e. The number of hydrogen-bond donors (Lipinski definition) is 1. The van der Waals surface area contributed by atoms with Gasteiger partial charge in [0.25, 0.3) is 0 Å². The summed E-state index contributed by atoms with van der Waals surface area (Å²) in [5.74, 6) is 2.02. The number of nitrogens with two attached hydrogens (primary N) is 1. The van der Waals surface area contributed by atoms with Crippen LogP contribution in [0.25, 0.3) is 11.4 Å². The van der Waals surface area contributed by atoms with E-state index in [-0.39, 0.29) is 6.04 Å². The molecule has 26 heavy (non-hydrogen) atoms. The van der Waals surface area contributed by atoms with Crippen molar-refractivity contribution < 1.29 is 8.95 Å². The number of pyridine rings is 1. The molecule has 1 atom stereocenters. The first-order chi connectivity index (χ1) is 12.2. The summed E-state index contributed by atoms with van der Waals surface area (Å²) in [4.78, 5) is 15.5. The lowest BCUT2D eigenvalue weighted by atomic mass is 10.2. The maximum atomic E-state index is 12.2. The van der Waals surface area contributed by atoms with Crippen LogP contribution in [0.3, 0.4) is 0 Å². The Labute approximate surface area is 154 Å². The van der Waals surface area contributed by atoms with Crippen LogP contribution in [0, 0.1) is 6.92 Å². The fourth-order valence-electron chi connectivity index (χ4n) is 2.86. The zero-order valence-corrected chi connectivity index (χ0v) is 16.3. The third-order valence-corrected chi connectivity index (χ3v) is 4.53.